The second-order valence-corrected chi connectivity index (χ2v) is 21.2. The van der Waals surface area contributed by atoms with Crippen molar-refractivity contribution < 1.29 is 0 Å². The second-order valence-electron chi connectivity index (χ2n) is 5.05. The minimum absolute atomic E-state index is 0.401. The number of halogens is 3. The van der Waals surface area contributed by atoms with E-state index in [0.717, 1.165) is 0 Å². The summed E-state index contributed by atoms with van der Waals surface area (Å²) >= 11 is 1.85. The molecule has 2 aliphatic heterocycles. The van der Waals surface area contributed by atoms with Gasteiger partial charge in [0.1, 0.15) is 0 Å². The van der Waals surface area contributed by atoms with Crippen LogP contribution in [0.2, 0.25) is 0 Å². The van der Waals surface area contributed by atoms with Gasteiger partial charge in [-0.15, -0.1) is 0 Å². The van der Waals surface area contributed by atoms with Crippen molar-refractivity contribution in [1.82, 2.24) is 0 Å². The Labute approximate surface area is 129 Å². The molecule has 0 aromatic rings. The summed E-state index contributed by atoms with van der Waals surface area (Å²) in [4.78, 5) is 0. The summed E-state index contributed by atoms with van der Waals surface area (Å²) in [6, 6.07) is 0. The number of fused-ring (bicyclic) bond motifs is 2. The van der Waals surface area contributed by atoms with Crippen LogP contribution in [0.1, 0.15) is 39.0 Å². The fourth-order valence-corrected chi connectivity index (χ4v) is 26.5. The summed E-state index contributed by atoms with van der Waals surface area (Å²) in [5.74, 6) is 1.25. The van der Waals surface area contributed by atoms with Gasteiger partial charge in [0, 0.05) is 0 Å². The molecule has 0 radical (unpaired) electrons. The molecule has 0 aromatic carbocycles. The maximum absolute atomic E-state index is 2.69. The Kier molecular flexibility index (Phi) is 7.02. The molecule has 2 saturated heterocycles. The summed E-state index contributed by atoms with van der Waals surface area (Å²) in [6.45, 7) is 2.34. The fraction of sp³-hybridized carbons (Fsp3) is 1.00. The first-order valence-corrected chi connectivity index (χ1v) is 17.0. The van der Waals surface area contributed by atoms with Crippen molar-refractivity contribution in [3.05, 3.63) is 0 Å². The Morgan fingerprint density at radius 2 is 2.06 bits per heavy atom. The molecule has 1 unspecified atom stereocenters. The SMILES string of the molecule is CCCCCC1C[C@@H]2CI(CI)CCI1C2. The molecule has 0 nitrogen and oxygen atoms in total. The molecular weight excluding hydrogens is 537 g/mol. The Balaban J connectivity index is 1.79. The monoisotopic (exact) mass is 562 g/mol. The predicted molar refractivity (Wildman–Crippen MR) is 102 cm³/mol. The molecule has 0 aromatic heterocycles. The Morgan fingerprint density at radius 1 is 1.19 bits per heavy atom. The van der Waals surface area contributed by atoms with Gasteiger partial charge in [-0.3, -0.25) is 0 Å². The van der Waals surface area contributed by atoms with Gasteiger partial charge in [-0.1, -0.05) is 0 Å². The first-order valence-electron chi connectivity index (χ1n) is 6.57. The predicted octanol–water partition coefficient (Wildman–Crippen LogP) is 5.37. The molecule has 2 aliphatic rings. The van der Waals surface area contributed by atoms with E-state index in [1.165, 1.54) is 22.7 Å². The van der Waals surface area contributed by atoms with Gasteiger partial charge in [-0.25, -0.2) is 0 Å². The Hall–Kier alpha value is 2.19. The molecular formula is C13H25I3. The molecule has 0 amide bonds. The van der Waals surface area contributed by atoms with Gasteiger partial charge in [-0.05, 0) is 0 Å². The summed E-state index contributed by atoms with van der Waals surface area (Å²) in [5, 5.41) is 0. The number of rotatable bonds is 5. The van der Waals surface area contributed by atoms with E-state index < -0.39 is 39.6 Å². The molecule has 2 fully saturated rings. The maximum atomic E-state index is 2.69. The third kappa shape index (κ3) is 4.10. The average molecular weight is 562 g/mol. The van der Waals surface area contributed by atoms with Crippen LogP contribution in [0.5, 0.6) is 0 Å². The van der Waals surface area contributed by atoms with Crippen molar-refractivity contribution in [2.45, 2.75) is 43.0 Å². The normalized spacial score (nSPS) is 34.1. The van der Waals surface area contributed by atoms with Crippen LogP contribution >= 0.6 is 62.2 Å². The molecule has 0 saturated carbocycles. The molecule has 2 atom stereocenters. The van der Waals surface area contributed by atoms with Crippen LogP contribution in [0, 0.1) is 5.92 Å². The Morgan fingerprint density at radius 3 is 2.81 bits per heavy atom. The van der Waals surface area contributed by atoms with Gasteiger partial charge in [0.05, 0.1) is 0 Å². The first-order chi connectivity index (χ1) is 7.83. The van der Waals surface area contributed by atoms with Crippen molar-refractivity contribution in [3.63, 3.8) is 0 Å². The van der Waals surface area contributed by atoms with Gasteiger partial charge in [-0.2, -0.15) is 0 Å². The molecule has 16 heavy (non-hydrogen) atoms. The average Bonchev–Trinajstić information content (AvgIpc) is 2.53. The van der Waals surface area contributed by atoms with Crippen LogP contribution in [0.25, 0.3) is 0 Å². The van der Waals surface area contributed by atoms with Gasteiger partial charge in [0.15, 0.2) is 0 Å². The zero-order valence-corrected chi connectivity index (χ0v) is 16.8. The number of alkyl halides is 7. The van der Waals surface area contributed by atoms with Crippen LogP contribution in [-0.2, 0) is 0 Å². The van der Waals surface area contributed by atoms with Gasteiger partial charge in [0.25, 0.3) is 0 Å². The fourth-order valence-electron chi connectivity index (χ4n) is 2.85. The number of hydrogen-bond acceptors (Lipinski definition) is 0. The van der Waals surface area contributed by atoms with E-state index in [4.69, 9.17) is 0 Å². The van der Waals surface area contributed by atoms with Crippen molar-refractivity contribution in [3.8, 4) is 0 Å². The van der Waals surface area contributed by atoms with Crippen molar-refractivity contribution in [2.75, 3.05) is 20.1 Å². The molecule has 0 spiro atoms. The van der Waals surface area contributed by atoms with E-state index in [1.54, 1.807) is 39.4 Å². The van der Waals surface area contributed by atoms with Gasteiger partial charge in [0.2, 0.25) is 0 Å². The zero-order valence-electron chi connectivity index (χ0n) is 10.4. The van der Waals surface area contributed by atoms with E-state index in [1.807, 2.05) is 0 Å². The quantitative estimate of drug-likeness (QED) is 0.240. The van der Waals surface area contributed by atoms with Crippen molar-refractivity contribution in [1.29, 1.82) is 0 Å². The molecule has 0 N–H and O–H groups in total. The number of hydrogen-bond donors (Lipinski definition) is 0. The van der Waals surface area contributed by atoms with Crippen molar-refractivity contribution >= 4 is 62.2 Å². The van der Waals surface area contributed by atoms with E-state index >= 15 is 0 Å². The Bertz CT molecular complexity index is 207. The summed E-state index contributed by atoms with van der Waals surface area (Å²) in [7, 11) is 0. The zero-order chi connectivity index (χ0) is 11.4. The van der Waals surface area contributed by atoms with E-state index in [0.29, 0.717) is 0 Å². The molecule has 2 heterocycles. The topological polar surface area (TPSA) is 0 Å². The summed E-state index contributed by atoms with van der Waals surface area (Å²) < 4.78 is 9.97. The number of unbranched alkanes of at least 4 members (excludes halogenated alkanes) is 2. The third-order valence-electron chi connectivity index (χ3n) is 3.72. The standard InChI is InChI=1S/C13H25I3/c1-2-3-4-5-13-8-12-9-15(11-14)6-7-16(13)10-12/h12-13H,2-11H2,1H3/t12-,13?/m1/s1. The second kappa shape index (κ2) is 7.70. The van der Waals surface area contributed by atoms with Crippen LogP contribution in [0.4, 0.5) is 0 Å². The molecule has 98 valence electrons. The molecule has 3 heteroatoms. The van der Waals surface area contributed by atoms with Crippen LogP contribution < -0.4 is 0 Å². The molecule has 0 aliphatic carbocycles. The van der Waals surface area contributed by atoms with Gasteiger partial charge >= 0.3 is 131 Å². The van der Waals surface area contributed by atoms with Crippen LogP contribution in [0.15, 0.2) is 0 Å². The molecule has 2 rings (SSSR count). The van der Waals surface area contributed by atoms with E-state index in [-0.39, 0.29) is 0 Å². The van der Waals surface area contributed by atoms with Crippen LogP contribution in [0.3, 0.4) is 0 Å². The molecule has 2 bridgehead atoms. The van der Waals surface area contributed by atoms with Gasteiger partial charge < -0.3 is 0 Å². The van der Waals surface area contributed by atoms with Crippen LogP contribution in [-0.4, -0.2) is 24.1 Å². The van der Waals surface area contributed by atoms with E-state index in [9.17, 15) is 0 Å². The third-order valence-corrected chi connectivity index (χ3v) is 24.6. The van der Waals surface area contributed by atoms with Crippen molar-refractivity contribution in [2.24, 2.45) is 5.92 Å². The summed E-state index contributed by atoms with van der Waals surface area (Å²) in [6.07, 6.45) is 7.79. The first kappa shape index (κ1) is 14.6. The van der Waals surface area contributed by atoms with E-state index in [2.05, 4.69) is 29.5 Å². The minimum atomic E-state index is -0.431. The summed E-state index contributed by atoms with van der Waals surface area (Å²) in [5.41, 5.74) is 0.